The third-order valence-corrected chi connectivity index (χ3v) is 3.89. The lowest BCUT2D eigenvalue weighted by Crippen LogP contribution is -2.58. The maximum atomic E-state index is 5.74. The maximum Gasteiger partial charge on any atom is 0.131 e. The second-order valence-electron chi connectivity index (χ2n) is 5.52. The lowest BCUT2D eigenvalue weighted by Gasteiger charge is -2.51. The van der Waals surface area contributed by atoms with E-state index in [1.54, 1.807) is 6.33 Å². The molecule has 0 saturated heterocycles. The highest BCUT2D eigenvalue weighted by molar-refractivity contribution is 5.47. The summed E-state index contributed by atoms with van der Waals surface area (Å²) in [7, 11) is 0. The topological polar surface area (TPSA) is 59.1 Å². The number of anilines is 2. The SMILES string of the molecule is CCNc1cc(NC2CC(OCC)C2(C)C)ncn1. The highest BCUT2D eigenvalue weighted by Gasteiger charge is 2.49. The second-order valence-corrected chi connectivity index (χ2v) is 5.52. The van der Waals surface area contributed by atoms with Crippen LogP contribution in [0.15, 0.2) is 12.4 Å². The van der Waals surface area contributed by atoms with Crippen LogP contribution in [0.4, 0.5) is 11.6 Å². The number of ether oxygens (including phenoxy) is 1. The van der Waals surface area contributed by atoms with E-state index in [1.807, 2.05) is 13.0 Å². The van der Waals surface area contributed by atoms with Gasteiger partial charge in [-0.05, 0) is 20.3 Å². The van der Waals surface area contributed by atoms with E-state index in [0.29, 0.717) is 12.1 Å². The zero-order chi connectivity index (χ0) is 13.9. The molecule has 2 unspecified atom stereocenters. The normalized spacial score (nSPS) is 24.6. The van der Waals surface area contributed by atoms with E-state index in [-0.39, 0.29) is 5.41 Å². The van der Waals surface area contributed by atoms with Gasteiger partial charge in [0.15, 0.2) is 0 Å². The predicted octanol–water partition coefficient (Wildman–Crippen LogP) is 2.52. The van der Waals surface area contributed by atoms with Gasteiger partial charge in [-0.15, -0.1) is 0 Å². The number of aromatic nitrogens is 2. The number of nitrogens with zero attached hydrogens (tertiary/aromatic N) is 2. The molecule has 106 valence electrons. The molecule has 1 fully saturated rings. The predicted molar refractivity (Wildman–Crippen MR) is 77.4 cm³/mol. The fourth-order valence-electron chi connectivity index (χ4n) is 2.51. The molecule has 2 rings (SSSR count). The molecule has 5 nitrogen and oxygen atoms in total. The minimum atomic E-state index is 0.138. The molecule has 0 aromatic carbocycles. The van der Waals surface area contributed by atoms with Crippen LogP contribution >= 0.6 is 0 Å². The minimum Gasteiger partial charge on any atom is -0.378 e. The van der Waals surface area contributed by atoms with Crippen LogP contribution in [-0.2, 0) is 4.74 Å². The van der Waals surface area contributed by atoms with Crippen LogP contribution in [-0.4, -0.2) is 35.3 Å². The summed E-state index contributed by atoms with van der Waals surface area (Å²) in [5.74, 6) is 1.73. The summed E-state index contributed by atoms with van der Waals surface area (Å²) in [6.07, 6.45) is 2.96. The van der Waals surface area contributed by atoms with Crippen molar-refractivity contribution in [3.63, 3.8) is 0 Å². The number of rotatable bonds is 6. The van der Waals surface area contributed by atoms with Crippen molar-refractivity contribution in [2.75, 3.05) is 23.8 Å². The van der Waals surface area contributed by atoms with Crippen LogP contribution in [0, 0.1) is 5.41 Å². The average molecular weight is 264 g/mol. The van der Waals surface area contributed by atoms with E-state index >= 15 is 0 Å². The molecule has 2 atom stereocenters. The van der Waals surface area contributed by atoms with E-state index in [2.05, 4.69) is 41.4 Å². The van der Waals surface area contributed by atoms with Gasteiger partial charge in [0, 0.05) is 30.7 Å². The van der Waals surface area contributed by atoms with Gasteiger partial charge in [-0.25, -0.2) is 9.97 Å². The fraction of sp³-hybridized carbons (Fsp3) is 0.714. The molecule has 1 aromatic heterocycles. The molecule has 1 aliphatic rings. The van der Waals surface area contributed by atoms with Gasteiger partial charge in [-0.1, -0.05) is 13.8 Å². The van der Waals surface area contributed by atoms with Crippen molar-refractivity contribution in [3.05, 3.63) is 12.4 Å². The Hall–Kier alpha value is -1.36. The summed E-state index contributed by atoms with van der Waals surface area (Å²) in [4.78, 5) is 8.45. The third kappa shape index (κ3) is 2.97. The van der Waals surface area contributed by atoms with Gasteiger partial charge >= 0.3 is 0 Å². The van der Waals surface area contributed by atoms with Crippen LogP contribution < -0.4 is 10.6 Å². The van der Waals surface area contributed by atoms with E-state index in [9.17, 15) is 0 Å². The smallest absolute Gasteiger partial charge is 0.131 e. The Morgan fingerprint density at radius 3 is 2.68 bits per heavy atom. The Bertz CT molecular complexity index is 422. The van der Waals surface area contributed by atoms with Crippen molar-refractivity contribution < 1.29 is 4.74 Å². The van der Waals surface area contributed by atoms with E-state index in [1.165, 1.54) is 0 Å². The molecule has 2 N–H and O–H groups in total. The number of nitrogens with one attached hydrogen (secondary N) is 2. The highest BCUT2D eigenvalue weighted by atomic mass is 16.5. The Labute approximate surface area is 115 Å². The molecule has 1 saturated carbocycles. The first-order valence-electron chi connectivity index (χ1n) is 7.02. The van der Waals surface area contributed by atoms with Crippen LogP contribution in [0.2, 0.25) is 0 Å². The van der Waals surface area contributed by atoms with E-state index in [0.717, 1.165) is 31.2 Å². The van der Waals surface area contributed by atoms with Crippen LogP contribution in [0.5, 0.6) is 0 Å². The number of hydrogen-bond acceptors (Lipinski definition) is 5. The molecule has 19 heavy (non-hydrogen) atoms. The van der Waals surface area contributed by atoms with Gasteiger partial charge in [0.1, 0.15) is 18.0 Å². The minimum absolute atomic E-state index is 0.138. The maximum absolute atomic E-state index is 5.74. The van der Waals surface area contributed by atoms with Gasteiger partial charge in [0.05, 0.1) is 6.10 Å². The third-order valence-electron chi connectivity index (χ3n) is 3.89. The van der Waals surface area contributed by atoms with Crippen molar-refractivity contribution in [2.24, 2.45) is 5.41 Å². The zero-order valence-corrected chi connectivity index (χ0v) is 12.2. The summed E-state index contributed by atoms with van der Waals surface area (Å²) in [6.45, 7) is 10.2. The Balaban J connectivity index is 1.97. The quantitative estimate of drug-likeness (QED) is 0.827. The zero-order valence-electron chi connectivity index (χ0n) is 12.2. The number of hydrogen-bond donors (Lipinski definition) is 2. The van der Waals surface area contributed by atoms with Crippen LogP contribution in [0.1, 0.15) is 34.1 Å². The van der Waals surface area contributed by atoms with Crippen molar-refractivity contribution >= 4 is 11.6 Å². The molecule has 0 amide bonds. The summed E-state index contributed by atoms with van der Waals surface area (Å²) >= 11 is 0. The lowest BCUT2D eigenvalue weighted by atomic mass is 9.64. The van der Waals surface area contributed by atoms with E-state index < -0.39 is 0 Å². The first-order chi connectivity index (χ1) is 9.07. The molecule has 0 aliphatic heterocycles. The first kappa shape index (κ1) is 14.1. The van der Waals surface area contributed by atoms with Crippen molar-refractivity contribution in [3.8, 4) is 0 Å². The first-order valence-corrected chi connectivity index (χ1v) is 7.02. The van der Waals surface area contributed by atoms with Gasteiger partial charge in [-0.3, -0.25) is 0 Å². The molecular weight excluding hydrogens is 240 g/mol. The summed E-state index contributed by atoms with van der Waals surface area (Å²) in [6, 6.07) is 2.35. The van der Waals surface area contributed by atoms with Gasteiger partial charge < -0.3 is 15.4 Å². The van der Waals surface area contributed by atoms with Crippen molar-refractivity contribution in [2.45, 2.75) is 46.3 Å². The molecule has 1 aromatic rings. The largest absolute Gasteiger partial charge is 0.378 e. The monoisotopic (exact) mass is 264 g/mol. The molecule has 0 bridgehead atoms. The molecule has 1 heterocycles. The van der Waals surface area contributed by atoms with Gasteiger partial charge in [-0.2, -0.15) is 0 Å². The lowest BCUT2D eigenvalue weighted by molar-refractivity contribution is -0.0976. The molecule has 0 radical (unpaired) electrons. The van der Waals surface area contributed by atoms with Crippen LogP contribution in [0.25, 0.3) is 0 Å². The molecule has 0 spiro atoms. The Morgan fingerprint density at radius 1 is 1.32 bits per heavy atom. The molecular formula is C14H24N4O. The second kappa shape index (κ2) is 5.74. The average Bonchev–Trinajstić information content (AvgIpc) is 2.38. The summed E-state index contributed by atoms with van der Waals surface area (Å²) in [5, 5.41) is 6.68. The van der Waals surface area contributed by atoms with Gasteiger partial charge in [0.2, 0.25) is 0 Å². The van der Waals surface area contributed by atoms with Crippen molar-refractivity contribution in [1.82, 2.24) is 9.97 Å². The highest BCUT2D eigenvalue weighted by Crippen LogP contribution is 2.44. The fourth-order valence-corrected chi connectivity index (χ4v) is 2.51. The van der Waals surface area contributed by atoms with Crippen LogP contribution in [0.3, 0.4) is 0 Å². The summed E-state index contributed by atoms with van der Waals surface area (Å²) in [5.41, 5.74) is 0.138. The Morgan fingerprint density at radius 2 is 2.05 bits per heavy atom. The van der Waals surface area contributed by atoms with E-state index in [4.69, 9.17) is 4.74 Å². The molecule has 5 heteroatoms. The summed E-state index contributed by atoms with van der Waals surface area (Å²) < 4.78 is 5.74. The van der Waals surface area contributed by atoms with Crippen molar-refractivity contribution in [1.29, 1.82) is 0 Å². The Kier molecular flexibility index (Phi) is 4.24. The van der Waals surface area contributed by atoms with Gasteiger partial charge in [0.25, 0.3) is 0 Å². The standard InChI is InChI=1S/C14H24N4O/c1-5-15-12-8-13(17-9-16-12)18-10-7-11(19-6-2)14(10,3)4/h8-11H,5-7H2,1-4H3,(H2,15,16,17,18). The molecule has 1 aliphatic carbocycles.